The molecule has 1 saturated carbocycles. The van der Waals surface area contributed by atoms with E-state index in [0.717, 1.165) is 11.5 Å². The first-order chi connectivity index (χ1) is 9.54. The Kier molecular flexibility index (Phi) is 3.25. The summed E-state index contributed by atoms with van der Waals surface area (Å²) in [6.07, 6.45) is 1.19. The van der Waals surface area contributed by atoms with Crippen LogP contribution in [0, 0.1) is 5.92 Å². The van der Waals surface area contributed by atoms with Crippen molar-refractivity contribution in [3.63, 3.8) is 0 Å². The number of nitrogens with zero attached hydrogens (tertiary/aromatic N) is 2. The molecule has 2 aromatic rings. The van der Waals surface area contributed by atoms with E-state index in [1.165, 1.54) is 17.8 Å². The second-order valence-corrected chi connectivity index (χ2v) is 6.25. The number of carbonyl (C=O) groups excluding carboxylic acids is 1. The highest BCUT2D eigenvalue weighted by molar-refractivity contribution is 7.13. The first kappa shape index (κ1) is 13.2. The van der Waals surface area contributed by atoms with Gasteiger partial charge in [-0.1, -0.05) is 6.92 Å². The number of furan rings is 1. The van der Waals surface area contributed by atoms with Gasteiger partial charge in [-0.15, -0.1) is 11.3 Å². The Morgan fingerprint density at radius 1 is 1.60 bits per heavy atom. The number of aromatic nitrogens is 1. The molecule has 0 aromatic carbocycles. The molecule has 0 bridgehead atoms. The highest BCUT2D eigenvalue weighted by Crippen LogP contribution is 2.47. The average Bonchev–Trinajstić information content (AvgIpc) is 2.80. The Morgan fingerprint density at radius 2 is 2.35 bits per heavy atom. The molecule has 0 radical (unpaired) electrons. The van der Waals surface area contributed by atoms with E-state index in [1.807, 2.05) is 12.1 Å². The number of rotatable bonds is 4. The van der Waals surface area contributed by atoms with E-state index in [4.69, 9.17) is 10.2 Å². The van der Waals surface area contributed by atoms with Crippen LogP contribution in [0.5, 0.6) is 0 Å². The Balaban J connectivity index is 1.65. The molecule has 2 atom stereocenters. The van der Waals surface area contributed by atoms with Crippen LogP contribution >= 0.6 is 11.3 Å². The number of nitrogens with two attached hydrogens (primary N) is 1. The summed E-state index contributed by atoms with van der Waals surface area (Å²) in [5.41, 5.74) is 5.93. The van der Waals surface area contributed by atoms with E-state index in [0.29, 0.717) is 29.2 Å². The number of carbonyl (C=O) groups is 1. The number of nitrogen functional groups attached to an aromatic ring is 1. The molecule has 0 spiro atoms. The zero-order valence-corrected chi connectivity index (χ0v) is 12.3. The molecule has 3 rings (SSSR count). The highest BCUT2D eigenvalue weighted by atomic mass is 32.1. The average molecular weight is 291 g/mol. The fourth-order valence-corrected chi connectivity index (χ4v) is 2.82. The number of anilines is 1. The first-order valence-electron chi connectivity index (χ1n) is 6.59. The lowest BCUT2D eigenvalue weighted by Crippen LogP contribution is -2.26. The van der Waals surface area contributed by atoms with Gasteiger partial charge < -0.3 is 15.1 Å². The lowest BCUT2D eigenvalue weighted by atomic mass is 10.3. The maximum Gasteiger partial charge on any atom is 0.273 e. The van der Waals surface area contributed by atoms with Crippen molar-refractivity contribution in [2.75, 3.05) is 12.8 Å². The molecule has 2 aromatic heterocycles. The van der Waals surface area contributed by atoms with Gasteiger partial charge in [-0.2, -0.15) is 0 Å². The van der Waals surface area contributed by atoms with Crippen molar-refractivity contribution in [2.45, 2.75) is 25.8 Å². The molecule has 1 fully saturated rings. The maximum absolute atomic E-state index is 12.1. The van der Waals surface area contributed by atoms with Gasteiger partial charge in [0, 0.05) is 18.3 Å². The Hall–Kier alpha value is -1.82. The summed E-state index contributed by atoms with van der Waals surface area (Å²) in [4.78, 5) is 17.7. The van der Waals surface area contributed by atoms with Crippen LogP contribution in [0.1, 0.15) is 41.3 Å². The standard InChI is InChI=1S/C14H17N3O2S/c1-8-5-10(8)12-4-3-9(19-12)6-17(2)13(18)11-7-20-14(15)16-11/h3-4,7-8,10H,5-6H2,1-2H3,(H2,15,16). The number of hydrogen-bond donors (Lipinski definition) is 1. The van der Waals surface area contributed by atoms with Crippen molar-refractivity contribution < 1.29 is 9.21 Å². The van der Waals surface area contributed by atoms with Gasteiger partial charge in [0.1, 0.15) is 17.2 Å². The van der Waals surface area contributed by atoms with Gasteiger partial charge in [0.25, 0.3) is 5.91 Å². The van der Waals surface area contributed by atoms with Gasteiger partial charge in [-0.25, -0.2) is 4.98 Å². The van der Waals surface area contributed by atoms with E-state index in [9.17, 15) is 4.79 Å². The van der Waals surface area contributed by atoms with E-state index in [2.05, 4.69) is 11.9 Å². The summed E-state index contributed by atoms with van der Waals surface area (Å²) in [7, 11) is 1.74. The molecule has 6 heteroatoms. The summed E-state index contributed by atoms with van der Waals surface area (Å²) in [5.74, 6) is 2.97. The topological polar surface area (TPSA) is 72.4 Å². The molecule has 5 nitrogen and oxygen atoms in total. The van der Waals surface area contributed by atoms with Gasteiger partial charge in [0.15, 0.2) is 5.13 Å². The molecule has 2 N–H and O–H groups in total. The second-order valence-electron chi connectivity index (χ2n) is 5.36. The van der Waals surface area contributed by atoms with Crippen molar-refractivity contribution in [3.05, 3.63) is 34.7 Å². The SMILES string of the molecule is CC1CC1c1ccc(CN(C)C(=O)c2csc(N)n2)o1. The van der Waals surface area contributed by atoms with Crippen LogP contribution in [-0.4, -0.2) is 22.8 Å². The summed E-state index contributed by atoms with van der Waals surface area (Å²) < 4.78 is 5.80. The van der Waals surface area contributed by atoms with Crippen LogP contribution < -0.4 is 5.73 Å². The predicted octanol–water partition coefficient (Wildman–Crippen LogP) is 2.71. The third-order valence-corrected chi connectivity index (χ3v) is 4.31. The Bertz CT molecular complexity index is 634. The lowest BCUT2D eigenvalue weighted by Gasteiger charge is -2.13. The lowest BCUT2D eigenvalue weighted by molar-refractivity contribution is 0.0770. The molecule has 1 aliphatic carbocycles. The zero-order valence-electron chi connectivity index (χ0n) is 11.5. The molecule has 0 aliphatic heterocycles. The Labute approximate surface area is 121 Å². The fourth-order valence-electron chi connectivity index (χ4n) is 2.28. The summed E-state index contributed by atoms with van der Waals surface area (Å²) >= 11 is 1.27. The number of amides is 1. The minimum Gasteiger partial charge on any atom is -0.464 e. The fraction of sp³-hybridized carbons (Fsp3) is 0.429. The largest absolute Gasteiger partial charge is 0.464 e. The van der Waals surface area contributed by atoms with Crippen molar-refractivity contribution in [2.24, 2.45) is 5.92 Å². The van der Waals surface area contributed by atoms with Crippen LogP contribution in [0.2, 0.25) is 0 Å². The summed E-state index contributed by atoms with van der Waals surface area (Å²) in [6, 6.07) is 3.96. The molecule has 1 aliphatic rings. The number of thiazole rings is 1. The van der Waals surface area contributed by atoms with Crippen LogP contribution in [0.15, 0.2) is 21.9 Å². The number of hydrogen-bond acceptors (Lipinski definition) is 5. The van der Waals surface area contributed by atoms with E-state index in [1.54, 1.807) is 17.3 Å². The smallest absolute Gasteiger partial charge is 0.273 e. The molecule has 2 heterocycles. The van der Waals surface area contributed by atoms with Crippen LogP contribution in [0.25, 0.3) is 0 Å². The molecule has 2 unspecified atom stereocenters. The normalized spacial score (nSPS) is 20.9. The van der Waals surface area contributed by atoms with Crippen molar-refractivity contribution in [3.8, 4) is 0 Å². The summed E-state index contributed by atoms with van der Waals surface area (Å²) in [5, 5.41) is 2.08. The maximum atomic E-state index is 12.1. The third kappa shape index (κ3) is 2.56. The Morgan fingerprint density at radius 3 is 2.95 bits per heavy atom. The first-order valence-corrected chi connectivity index (χ1v) is 7.47. The van der Waals surface area contributed by atoms with Crippen LogP contribution in [0.4, 0.5) is 5.13 Å². The molecular formula is C14H17N3O2S. The van der Waals surface area contributed by atoms with Crippen molar-refractivity contribution in [1.82, 2.24) is 9.88 Å². The molecule has 0 saturated heterocycles. The van der Waals surface area contributed by atoms with Gasteiger partial charge in [-0.3, -0.25) is 4.79 Å². The van der Waals surface area contributed by atoms with Crippen molar-refractivity contribution >= 4 is 22.4 Å². The molecule has 1 amide bonds. The minimum absolute atomic E-state index is 0.143. The van der Waals surface area contributed by atoms with E-state index >= 15 is 0 Å². The highest BCUT2D eigenvalue weighted by Gasteiger charge is 2.36. The zero-order chi connectivity index (χ0) is 14.3. The quantitative estimate of drug-likeness (QED) is 0.940. The molecule has 20 heavy (non-hydrogen) atoms. The molecule has 106 valence electrons. The van der Waals surface area contributed by atoms with E-state index < -0.39 is 0 Å². The van der Waals surface area contributed by atoms with Gasteiger partial charge >= 0.3 is 0 Å². The van der Waals surface area contributed by atoms with Gasteiger partial charge in [0.2, 0.25) is 0 Å². The van der Waals surface area contributed by atoms with E-state index in [-0.39, 0.29) is 5.91 Å². The van der Waals surface area contributed by atoms with Crippen LogP contribution in [0.3, 0.4) is 0 Å². The molecular weight excluding hydrogens is 274 g/mol. The third-order valence-electron chi connectivity index (χ3n) is 3.64. The van der Waals surface area contributed by atoms with Crippen molar-refractivity contribution in [1.29, 1.82) is 0 Å². The summed E-state index contributed by atoms with van der Waals surface area (Å²) in [6.45, 7) is 2.66. The monoisotopic (exact) mass is 291 g/mol. The second kappa shape index (κ2) is 4.94. The predicted molar refractivity (Wildman–Crippen MR) is 77.6 cm³/mol. The van der Waals surface area contributed by atoms with Crippen LogP contribution in [-0.2, 0) is 6.54 Å². The minimum atomic E-state index is -0.143. The van der Waals surface area contributed by atoms with Gasteiger partial charge in [-0.05, 0) is 24.5 Å². The van der Waals surface area contributed by atoms with Gasteiger partial charge in [0.05, 0.1) is 6.54 Å².